The molecular formula is C15H14ClF2N. The van der Waals surface area contributed by atoms with Gasteiger partial charge in [0.15, 0.2) is 11.6 Å². The molecule has 0 radical (unpaired) electrons. The third kappa shape index (κ3) is 2.77. The summed E-state index contributed by atoms with van der Waals surface area (Å²) in [5.41, 5.74) is 2.07. The highest BCUT2D eigenvalue weighted by Crippen LogP contribution is 2.29. The molecule has 0 bridgehead atoms. The minimum Gasteiger partial charge on any atom is -0.309 e. The van der Waals surface area contributed by atoms with Crippen LogP contribution in [0.5, 0.6) is 0 Å². The fourth-order valence-electron chi connectivity index (χ4n) is 2.14. The first-order valence-electron chi connectivity index (χ1n) is 5.92. The summed E-state index contributed by atoms with van der Waals surface area (Å²) >= 11 is 5.98. The summed E-state index contributed by atoms with van der Waals surface area (Å²) in [7, 11) is 1.70. The van der Waals surface area contributed by atoms with E-state index in [2.05, 4.69) is 5.32 Å². The second-order valence-electron chi connectivity index (χ2n) is 4.37. The molecule has 2 aromatic rings. The van der Waals surface area contributed by atoms with Gasteiger partial charge in [-0.05, 0) is 43.3 Å². The molecule has 19 heavy (non-hydrogen) atoms. The average Bonchev–Trinajstić information content (AvgIpc) is 2.39. The van der Waals surface area contributed by atoms with Crippen molar-refractivity contribution < 1.29 is 8.78 Å². The molecule has 0 aliphatic heterocycles. The van der Waals surface area contributed by atoms with Gasteiger partial charge in [-0.15, -0.1) is 0 Å². The number of rotatable bonds is 3. The first-order valence-corrected chi connectivity index (χ1v) is 6.29. The van der Waals surface area contributed by atoms with E-state index in [4.69, 9.17) is 11.6 Å². The zero-order valence-electron chi connectivity index (χ0n) is 10.7. The van der Waals surface area contributed by atoms with Gasteiger partial charge in [0.25, 0.3) is 0 Å². The van der Waals surface area contributed by atoms with Crippen LogP contribution in [0.2, 0.25) is 5.02 Å². The Morgan fingerprint density at radius 3 is 2.53 bits per heavy atom. The van der Waals surface area contributed by atoms with Crippen molar-refractivity contribution in [3.63, 3.8) is 0 Å². The molecule has 0 saturated carbocycles. The maximum atomic E-state index is 13.9. The van der Waals surface area contributed by atoms with E-state index >= 15 is 0 Å². The van der Waals surface area contributed by atoms with Crippen molar-refractivity contribution in [1.82, 2.24) is 5.32 Å². The van der Waals surface area contributed by atoms with Crippen molar-refractivity contribution in [2.45, 2.75) is 13.0 Å². The minimum absolute atomic E-state index is 0.271. The summed E-state index contributed by atoms with van der Waals surface area (Å²) in [5.74, 6) is -1.68. The lowest BCUT2D eigenvalue weighted by Gasteiger charge is -2.20. The van der Waals surface area contributed by atoms with Gasteiger partial charge in [-0.25, -0.2) is 8.78 Å². The molecule has 4 heteroatoms. The molecule has 0 aliphatic rings. The lowest BCUT2D eigenvalue weighted by Crippen LogP contribution is -2.20. The Bertz CT molecular complexity index is 597. The van der Waals surface area contributed by atoms with E-state index in [0.29, 0.717) is 5.02 Å². The van der Waals surface area contributed by atoms with E-state index in [1.54, 1.807) is 25.2 Å². The SMILES string of the molecule is CNC(c1cc(Cl)ccc1C)c1cccc(F)c1F. The number of aryl methyl sites for hydroxylation is 1. The van der Waals surface area contributed by atoms with Crippen LogP contribution in [0.15, 0.2) is 36.4 Å². The van der Waals surface area contributed by atoms with Crippen LogP contribution in [0.25, 0.3) is 0 Å². The highest BCUT2D eigenvalue weighted by Gasteiger charge is 2.20. The standard InChI is InChI=1S/C15H14ClF2N/c1-9-6-7-10(16)8-12(9)15(19-2)11-4-3-5-13(17)14(11)18/h3-8,15,19H,1-2H3. The van der Waals surface area contributed by atoms with Crippen LogP contribution in [-0.2, 0) is 0 Å². The highest BCUT2D eigenvalue weighted by atomic mass is 35.5. The molecule has 2 rings (SSSR count). The zero-order valence-corrected chi connectivity index (χ0v) is 11.4. The molecule has 0 heterocycles. The van der Waals surface area contributed by atoms with Crippen LogP contribution in [0, 0.1) is 18.6 Å². The number of hydrogen-bond acceptors (Lipinski definition) is 1. The molecule has 0 fully saturated rings. The highest BCUT2D eigenvalue weighted by molar-refractivity contribution is 6.30. The Morgan fingerprint density at radius 2 is 1.84 bits per heavy atom. The van der Waals surface area contributed by atoms with Gasteiger partial charge in [-0.1, -0.05) is 29.8 Å². The Balaban J connectivity index is 2.56. The van der Waals surface area contributed by atoms with Crippen LogP contribution in [0.4, 0.5) is 8.78 Å². The monoisotopic (exact) mass is 281 g/mol. The van der Waals surface area contributed by atoms with Gasteiger partial charge in [0.2, 0.25) is 0 Å². The molecular weight excluding hydrogens is 268 g/mol. The van der Waals surface area contributed by atoms with E-state index < -0.39 is 17.7 Å². The quantitative estimate of drug-likeness (QED) is 0.887. The van der Waals surface area contributed by atoms with Crippen LogP contribution in [0.3, 0.4) is 0 Å². The summed E-state index contributed by atoms with van der Waals surface area (Å²) in [4.78, 5) is 0. The van der Waals surface area contributed by atoms with Gasteiger partial charge in [0.05, 0.1) is 6.04 Å². The number of nitrogens with one attached hydrogen (secondary N) is 1. The van der Waals surface area contributed by atoms with Crippen molar-refractivity contribution in [2.75, 3.05) is 7.05 Å². The summed E-state index contributed by atoms with van der Waals surface area (Å²) in [5, 5.41) is 3.57. The van der Waals surface area contributed by atoms with Crippen LogP contribution < -0.4 is 5.32 Å². The number of halogens is 3. The number of benzene rings is 2. The molecule has 1 nitrogen and oxygen atoms in total. The summed E-state index contributed by atoms with van der Waals surface area (Å²) in [6, 6.07) is 9.14. The summed E-state index contributed by atoms with van der Waals surface area (Å²) in [6.45, 7) is 1.91. The van der Waals surface area contributed by atoms with Gasteiger partial charge in [0, 0.05) is 10.6 Å². The molecule has 0 spiro atoms. The fraction of sp³-hybridized carbons (Fsp3) is 0.200. The largest absolute Gasteiger partial charge is 0.309 e. The van der Waals surface area contributed by atoms with Crippen molar-refractivity contribution in [3.8, 4) is 0 Å². The van der Waals surface area contributed by atoms with Crippen molar-refractivity contribution in [2.24, 2.45) is 0 Å². The third-order valence-electron chi connectivity index (χ3n) is 3.13. The molecule has 1 unspecified atom stereocenters. The molecule has 100 valence electrons. The second kappa shape index (κ2) is 5.68. The van der Waals surface area contributed by atoms with E-state index in [0.717, 1.165) is 17.2 Å². The van der Waals surface area contributed by atoms with Gasteiger partial charge in [-0.3, -0.25) is 0 Å². The van der Waals surface area contributed by atoms with E-state index in [-0.39, 0.29) is 5.56 Å². The maximum Gasteiger partial charge on any atom is 0.163 e. The topological polar surface area (TPSA) is 12.0 Å². The van der Waals surface area contributed by atoms with Crippen molar-refractivity contribution in [3.05, 3.63) is 69.7 Å². The Kier molecular flexibility index (Phi) is 4.17. The van der Waals surface area contributed by atoms with Gasteiger partial charge >= 0.3 is 0 Å². The molecule has 1 atom stereocenters. The Hall–Kier alpha value is -1.45. The van der Waals surface area contributed by atoms with Crippen LogP contribution in [0.1, 0.15) is 22.7 Å². The van der Waals surface area contributed by atoms with Crippen LogP contribution in [-0.4, -0.2) is 7.05 Å². The Labute approximate surface area is 116 Å². The predicted molar refractivity (Wildman–Crippen MR) is 73.4 cm³/mol. The molecule has 0 amide bonds. The normalized spacial score (nSPS) is 12.5. The van der Waals surface area contributed by atoms with E-state index in [1.165, 1.54) is 6.07 Å². The first-order chi connectivity index (χ1) is 9.04. The first kappa shape index (κ1) is 14.0. The van der Waals surface area contributed by atoms with Crippen molar-refractivity contribution in [1.29, 1.82) is 0 Å². The third-order valence-corrected chi connectivity index (χ3v) is 3.37. The average molecular weight is 282 g/mol. The van der Waals surface area contributed by atoms with Gasteiger partial charge in [-0.2, -0.15) is 0 Å². The van der Waals surface area contributed by atoms with E-state index in [1.807, 2.05) is 13.0 Å². The molecule has 1 N–H and O–H groups in total. The fourth-order valence-corrected chi connectivity index (χ4v) is 2.32. The Morgan fingerprint density at radius 1 is 1.11 bits per heavy atom. The smallest absolute Gasteiger partial charge is 0.163 e. The maximum absolute atomic E-state index is 13.9. The van der Waals surface area contributed by atoms with Crippen molar-refractivity contribution >= 4 is 11.6 Å². The minimum atomic E-state index is -0.850. The number of hydrogen-bond donors (Lipinski definition) is 1. The molecule has 0 aliphatic carbocycles. The lowest BCUT2D eigenvalue weighted by atomic mass is 9.94. The summed E-state index contributed by atoms with van der Waals surface area (Å²) in [6.07, 6.45) is 0. The summed E-state index contributed by atoms with van der Waals surface area (Å²) < 4.78 is 27.3. The molecule has 0 aromatic heterocycles. The lowest BCUT2D eigenvalue weighted by molar-refractivity contribution is 0.487. The zero-order chi connectivity index (χ0) is 14.0. The predicted octanol–water partition coefficient (Wildman–Crippen LogP) is 4.24. The van der Waals surface area contributed by atoms with Gasteiger partial charge in [0.1, 0.15) is 0 Å². The molecule has 2 aromatic carbocycles. The second-order valence-corrected chi connectivity index (χ2v) is 4.80. The van der Waals surface area contributed by atoms with Gasteiger partial charge < -0.3 is 5.32 Å². The molecule has 0 saturated heterocycles. The van der Waals surface area contributed by atoms with Crippen LogP contribution >= 0.6 is 11.6 Å². The van der Waals surface area contributed by atoms with E-state index in [9.17, 15) is 8.78 Å².